The van der Waals surface area contributed by atoms with E-state index in [2.05, 4.69) is 57.9 Å². The summed E-state index contributed by atoms with van der Waals surface area (Å²) < 4.78 is 51.3. The summed E-state index contributed by atoms with van der Waals surface area (Å²) in [4.78, 5) is 27.5. The van der Waals surface area contributed by atoms with Crippen LogP contribution in [-0.2, 0) is 15.9 Å². The van der Waals surface area contributed by atoms with Gasteiger partial charge in [0.1, 0.15) is 36.8 Å². The van der Waals surface area contributed by atoms with Crippen molar-refractivity contribution in [1.29, 1.82) is 0 Å². The van der Waals surface area contributed by atoms with Crippen molar-refractivity contribution < 1.29 is 32.9 Å². The molecule has 1 N–H and O–H groups in total. The lowest BCUT2D eigenvalue weighted by Gasteiger charge is -2.42. The van der Waals surface area contributed by atoms with Crippen molar-refractivity contribution in [2.24, 2.45) is 0 Å². The number of hydrogen-bond acceptors (Lipinski definition) is 8. The predicted octanol–water partition coefficient (Wildman–Crippen LogP) is 11.3. The van der Waals surface area contributed by atoms with Crippen LogP contribution in [0.2, 0.25) is 16.6 Å². The van der Waals surface area contributed by atoms with Crippen molar-refractivity contribution in [3.8, 4) is 28.5 Å². The maximum absolute atomic E-state index is 18.0. The first-order valence-electron chi connectivity index (χ1n) is 22.0. The SMILES string of the molecule is COCOc1cc(-c2ncc3c(N4CC5CCC(C4)N5C(=O)OC(C)(C)C)nc(CCCC(C)(C)O)c(C)c3c2F)c2c(C#C[Si](C(C)C)(C(C)C)C(C)C)c(F)ccc2c1. The summed E-state index contributed by atoms with van der Waals surface area (Å²) in [7, 11) is -0.766. The summed E-state index contributed by atoms with van der Waals surface area (Å²) in [5, 5.41) is 12.6. The van der Waals surface area contributed by atoms with Gasteiger partial charge in [-0.3, -0.25) is 9.88 Å². The Morgan fingerprint density at radius 3 is 2.20 bits per heavy atom. The van der Waals surface area contributed by atoms with Gasteiger partial charge in [-0.2, -0.15) is 0 Å². The second kappa shape index (κ2) is 17.8. The second-order valence-corrected chi connectivity index (χ2v) is 25.3. The molecule has 2 saturated heterocycles. The molecule has 4 aromatic rings. The van der Waals surface area contributed by atoms with Crippen molar-refractivity contribution >= 4 is 41.5 Å². The average Bonchev–Trinajstić information content (AvgIpc) is 3.43. The fourth-order valence-corrected chi connectivity index (χ4v) is 15.2. The van der Waals surface area contributed by atoms with Gasteiger partial charge in [0, 0.05) is 53.8 Å². The van der Waals surface area contributed by atoms with Crippen LogP contribution in [0.4, 0.5) is 19.4 Å². The molecule has 0 saturated carbocycles. The molecule has 0 aliphatic carbocycles. The first kappa shape index (κ1) is 46.2. The van der Waals surface area contributed by atoms with Crippen molar-refractivity contribution in [2.45, 2.75) is 155 Å². The summed E-state index contributed by atoms with van der Waals surface area (Å²) in [6.07, 6.45) is 4.70. The van der Waals surface area contributed by atoms with E-state index in [1.165, 1.54) is 13.2 Å². The molecule has 0 spiro atoms. The highest BCUT2D eigenvalue weighted by Gasteiger charge is 2.45. The van der Waals surface area contributed by atoms with Gasteiger partial charge in [-0.15, -0.1) is 5.54 Å². The van der Waals surface area contributed by atoms with E-state index in [1.807, 2.05) is 32.6 Å². The van der Waals surface area contributed by atoms with Gasteiger partial charge in [-0.1, -0.05) is 53.5 Å². The zero-order valence-corrected chi connectivity index (χ0v) is 39.6. The van der Waals surface area contributed by atoms with Gasteiger partial charge >= 0.3 is 6.09 Å². The molecule has 0 radical (unpaired) electrons. The van der Waals surface area contributed by atoms with E-state index in [0.29, 0.717) is 93.2 Å². The van der Waals surface area contributed by atoms with Crippen LogP contribution >= 0.6 is 0 Å². The van der Waals surface area contributed by atoms with Gasteiger partial charge in [0.2, 0.25) is 0 Å². The van der Waals surface area contributed by atoms with Crippen molar-refractivity contribution in [1.82, 2.24) is 14.9 Å². The number of ether oxygens (including phenoxy) is 3. The number of anilines is 1. The Hall–Kier alpha value is -4.31. The highest BCUT2D eigenvalue weighted by Crippen LogP contribution is 2.44. The highest BCUT2D eigenvalue weighted by atomic mass is 28.3. The molecule has 2 unspecified atom stereocenters. The van der Waals surface area contributed by atoms with E-state index in [0.717, 1.165) is 18.5 Å². The number of aromatic nitrogens is 2. The molecule has 2 bridgehead atoms. The summed E-state index contributed by atoms with van der Waals surface area (Å²) in [5.41, 5.74) is 5.20. The number of piperazine rings is 1. The van der Waals surface area contributed by atoms with Crippen LogP contribution in [0.5, 0.6) is 5.75 Å². The minimum Gasteiger partial charge on any atom is -0.468 e. The third-order valence-corrected chi connectivity index (χ3v) is 19.1. The van der Waals surface area contributed by atoms with Gasteiger partial charge in [0.15, 0.2) is 12.6 Å². The maximum Gasteiger partial charge on any atom is 0.410 e. The van der Waals surface area contributed by atoms with Gasteiger partial charge in [-0.05, 0) is 119 Å². The van der Waals surface area contributed by atoms with Crippen molar-refractivity contribution in [3.63, 3.8) is 0 Å². The Balaban J connectivity index is 1.58. The molecule has 4 heterocycles. The average molecular weight is 857 g/mol. The number of halogens is 2. The quantitative estimate of drug-likeness (QED) is 0.0855. The molecule has 2 aromatic carbocycles. The monoisotopic (exact) mass is 856 g/mol. The van der Waals surface area contributed by atoms with Crippen LogP contribution in [0.3, 0.4) is 0 Å². The summed E-state index contributed by atoms with van der Waals surface area (Å²) in [6, 6.07) is 6.41. The molecule has 2 aromatic heterocycles. The van der Waals surface area contributed by atoms with E-state index < -0.39 is 30.9 Å². The molecule has 2 aliphatic rings. The lowest BCUT2D eigenvalue weighted by Crippen LogP contribution is -2.57. The van der Waals surface area contributed by atoms with Crippen molar-refractivity contribution in [3.05, 3.63) is 58.9 Å². The van der Waals surface area contributed by atoms with Crippen LogP contribution in [0.25, 0.3) is 32.8 Å². The summed E-state index contributed by atoms with van der Waals surface area (Å²) in [5.74, 6) is 3.35. The number of benzene rings is 2. The number of methoxy groups -OCH3 is 1. The molecule has 6 rings (SSSR count). The third kappa shape index (κ3) is 9.40. The zero-order chi connectivity index (χ0) is 44.8. The molecule has 1 amide bonds. The Labute approximate surface area is 362 Å². The number of nitrogens with zero attached hydrogens (tertiary/aromatic N) is 4. The number of hydrogen-bond donors (Lipinski definition) is 1. The van der Waals surface area contributed by atoms with Crippen molar-refractivity contribution in [2.75, 3.05) is 31.9 Å². The number of carbonyl (C=O) groups excluding carboxylic acids is 1. The molecule has 330 valence electrons. The lowest BCUT2D eigenvalue weighted by molar-refractivity contribution is 0.0122. The Bertz CT molecular complexity index is 2310. The second-order valence-electron chi connectivity index (χ2n) is 19.7. The summed E-state index contributed by atoms with van der Waals surface area (Å²) >= 11 is 0. The fraction of sp³-hybridized carbons (Fsp3) is 0.571. The van der Waals surface area contributed by atoms with Crippen LogP contribution in [0.1, 0.15) is 119 Å². The van der Waals surface area contributed by atoms with Crippen LogP contribution in [0.15, 0.2) is 30.5 Å². The first-order valence-corrected chi connectivity index (χ1v) is 24.2. The van der Waals surface area contributed by atoms with E-state index in [1.54, 1.807) is 38.2 Å². The minimum atomic E-state index is -2.29. The van der Waals surface area contributed by atoms with Crippen LogP contribution < -0.4 is 9.64 Å². The minimum absolute atomic E-state index is 0.0386. The number of pyridine rings is 2. The number of carbonyl (C=O) groups is 1. The largest absolute Gasteiger partial charge is 0.468 e. The number of rotatable bonds is 12. The number of aryl methyl sites for hydroxylation is 2. The Morgan fingerprint density at radius 1 is 0.984 bits per heavy atom. The molecular formula is C49H66F2N4O5Si. The molecule has 9 nitrogen and oxygen atoms in total. The van der Waals surface area contributed by atoms with E-state index in [-0.39, 0.29) is 36.2 Å². The van der Waals surface area contributed by atoms with Gasteiger partial charge < -0.3 is 24.2 Å². The van der Waals surface area contributed by atoms with Gasteiger partial charge in [0.25, 0.3) is 0 Å². The number of fused-ring (bicyclic) bond motifs is 4. The van der Waals surface area contributed by atoms with Crippen LogP contribution in [-0.4, -0.2) is 84.4 Å². The number of amides is 1. The predicted molar refractivity (Wildman–Crippen MR) is 244 cm³/mol. The maximum atomic E-state index is 18.0. The number of aliphatic hydroxyl groups is 1. The molecular weight excluding hydrogens is 791 g/mol. The van der Waals surface area contributed by atoms with E-state index in [4.69, 9.17) is 24.2 Å². The molecule has 12 heteroatoms. The standard InChI is InChI=1S/C49H66F2N4O5Si/c1-29(2)61(30(3)4,31(5)6)22-20-37-40(50)19-16-33-23-36(59-28-58-13)24-38(43(33)37)45-44(51)42-32(7)41(15-14-21-49(11,12)57)53-46(39(42)25-52-45)54-26-34-17-18-35(27-54)55(34)47(56)60-48(8,9)10/h16,19,23-25,29-31,34-35,57H,14-15,17-18,21,26-28H2,1-13H3. The first-order chi connectivity index (χ1) is 28.6. The Morgan fingerprint density at radius 2 is 1.62 bits per heavy atom. The third-order valence-electron chi connectivity index (χ3n) is 12.8. The smallest absolute Gasteiger partial charge is 0.410 e. The fourth-order valence-electron chi connectivity index (χ4n) is 10.0. The van der Waals surface area contributed by atoms with Crippen LogP contribution in [0, 0.1) is 30.0 Å². The van der Waals surface area contributed by atoms with E-state index >= 15 is 8.78 Å². The summed E-state index contributed by atoms with van der Waals surface area (Å²) in [6.45, 7) is 25.3. The molecule has 2 fully saturated rings. The van der Waals surface area contributed by atoms with Gasteiger partial charge in [0.05, 0.1) is 23.2 Å². The lowest BCUT2D eigenvalue weighted by atomic mass is 9.93. The zero-order valence-electron chi connectivity index (χ0n) is 38.6. The molecule has 61 heavy (non-hydrogen) atoms. The molecule has 2 atom stereocenters. The molecule has 2 aliphatic heterocycles. The highest BCUT2D eigenvalue weighted by molar-refractivity contribution is 6.90. The normalized spacial score (nSPS) is 17.2. The Kier molecular flexibility index (Phi) is 13.5. The van der Waals surface area contributed by atoms with Gasteiger partial charge in [-0.25, -0.2) is 18.6 Å². The van der Waals surface area contributed by atoms with E-state index in [9.17, 15) is 9.90 Å². The topological polar surface area (TPSA) is 97.3 Å².